The lowest BCUT2D eigenvalue weighted by atomic mass is 9.80. The van der Waals surface area contributed by atoms with Gasteiger partial charge in [-0.15, -0.1) is 0 Å². The maximum atomic E-state index is 14.3. The Bertz CT molecular complexity index is 1340. The van der Waals surface area contributed by atoms with Crippen molar-refractivity contribution in [2.45, 2.75) is 86.2 Å². The molecule has 0 saturated carbocycles. The molecule has 2 aromatic rings. The van der Waals surface area contributed by atoms with Gasteiger partial charge >= 0.3 is 12.2 Å². The Kier molecular flexibility index (Phi) is 17.7. The summed E-state index contributed by atoms with van der Waals surface area (Å²) in [6, 6.07) is 13.3. The first-order valence-electron chi connectivity index (χ1n) is 17.3. The number of alkyl carbamates (subject to hydrolysis) is 2. The zero-order chi connectivity index (χ0) is 37.4. The molecule has 0 spiro atoms. The number of hydrogen-bond donors (Lipinski definition) is 5. The van der Waals surface area contributed by atoms with Crippen molar-refractivity contribution in [1.29, 1.82) is 0 Å². The van der Waals surface area contributed by atoms with E-state index in [1.165, 1.54) is 5.01 Å². The predicted molar refractivity (Wildman–Crippen MR) is 191 cm³/mol. The fraction of sp³-hybridized carbons (Fsp3) is 0.568. The van der Waals surface area contributed by atoms with Gasteiger partial charge < -0.3 is 35.7 Å². The quantitative estimate of drug-likeness (QED) is 0.125. The van der Waals surface area contributed by atoms with Crippen LogP contribution in [0.4, 0.5) is 9.59 Å². The van der Waals surface area contributed by atoms with Crippen molar-refractivity contribution in [1.82, 2.24) is 21.1 Å². The molecule has 13 heteroatoms. The Labute approximate surface area is 296 Å². The maximum Gasteiger partial charge on any atom is 0.407 e. The van der Waals surface area contributed by atoms with Gasteiger partial charge in [0.2, 0.25) is 0 Å². The first kappa shape index (κ1) is 42.0. The molecule has 2 unspecified atom stereocenters. The molecule has 0 radical (unpaired) electrons. The summed E-state index contributed by atoms with van der Waals surface area (Å²) in [5.41, 5.74) is 11.0. The van der Waals surface area contributed by atoms with Crippen molar-refractivity contribution in [3.8, 4) is 5.75 Å². The van der Waals surface area contributed by atoms with Crippen LogP contribution in [0.3, 0.4) is 0 Å². The Morgan fingerprint density at radius 1 is 0.800 bits per heavy atom. The highest BCUT2D eigenvalue weighted by molar-refractivity contribution is 5.90. The number of ether oxygens (including phenoxy) is 3. The highest BCUT2D eigenvalue weighted by Crippen LogP contribution is 2.27. The SMILES string of the molecule is CCOC(=O)N[C@H](C(=O)NN(Cc1ccc(OCC(C)C)cc1)C[C@H](O)C(C(=O)[C@@H](NC(=O)OCC)C(C)C)C(N)c1ccccc1)C(C)C. The van der Waals surface area contributed by atoms with Gasteiger partial charge in [0.25, 0.3) is 5.91 Å². The second-order valence-electron chi connectivity index (χ2n) is 13.3. The standard InChI is InChI=1S/C37H57N5O8/c1-9-48-36(46)39-32(24(5)6)34(44)30(31(38)27-14-12-11-13-15-27)29(43)21-42(20-26-16-18-28(19-17-26)50-22-23(3)4)41-35(45)33(25(7)8)40-37(47)49-10-2/h11-19,23-25,29-33,43H,9-10,20-22,38H2,1-8H3,(H,39,46)(H,40,47)(H,41,45)/t29-,30?,31?,32-,33-/m0/s1. The average molecular weight is 700 g/mol. The van der Waals surface area contributed by atoms with Crippen LogP contribution in [0.25, 0.3) is 0 Å². The van der Waals surface area contributed by atoms with Crippen LogP contribution in [-0.4, -0.2) is 78.5 Å². The lowest BCUT2D eigenvalue weighted by Gasteiger charge is -2.35. The van der Waals surface area contributed by atoms with E-state index in [9.17, 15) is 24.3 Å². The summed E-state index contributed by atoms with van der Waals surface area (Å²) in [6.45, 7) is 15.2. The topological polar surface area (TPSA) is 182 Å². The van der Waals surface area contributed by atoms with Crippen LogP contribution in [0.1, 0.15) is 72.6 Å². The summed E-state index contributed by atoms with van der Waals surface area (Å²) in [7, 11) is 0. The molecule has 0 aromatic heterocycles. The van der Waals surface area contributed by atoms with Crippen LogP contribution < -0.4 is 26.5 Å². The predicted octanol–water partition coefficient (Wildman–Crippen LogP) is 4.34. The van der Waals surface area contributed by atoms with Crippen molar-refractivity contribution in [3.63, 3.8) is 0 Å². The average Bonchev–Trinajstić information content (AvgIpc) is 3.06. The van der Waals surface area contributed by atoms with Gasteiger partial charge in [0, 0.05) is 19.1 Å². The number of carbonyl (C=O) groups is 4. The normalized spacial score (nSPS) is 14.4. The number of amides is 3. The molecule has 5 atom stereocenters. The van der Waals surface area contributed by atoms with Gasteiger partial charge in [-0.3, -0.25) is 15.0 Å². The van der Waals surface area contributed by atoms with Gasteiger partial charge in [0.1, 0.15) is 11.8 Å². The molecule has 3 amide bonds. The minimum Gasteiger partial charge on any atom is -0.493 e. The molecule has 0 fully saturated rings. The highest BCUT2D eigenvalue weighted by atomic mass is 16.6. The van der Waals surface area contributed by atoms with Crippen molar-refractivity contribution < 1.29 is 38.5 Å². The Balaban J connectivity index is 2.50. The summed E-state index contributed by atoms with van der Waals surface area (Å²) >= 11 is 0. The molecule has 278 valence electrons. The molecule has 2 aromatic carbocycles. The van der Waals surface area contributed by atoms with Gasteiger partial charge in [0.05, 0.1) is 37.9 Å². The molecule has 0 aliphatic carbocycles. The van der Waals surface area contributed by atoms with Crippen LogP contribution in [0.5, 0.6) is 5.75 Å². The lowest BCUT2D eigenvalue weighted by Crippen LogP contribution is -2.57. The largest absolute Gasteiger partial charge is 0.493 e. The van der Waals surface area contributed by atoms with Gasteiger partial charge in [-0.25, -0.2) is 14.6 Å². The van der Waals surface area contributed by atoms with Gasteiger partial charge in [-0.05, 0) is 54.9 Å². The van der Waals surface area contributed by atoms with Crippen LogP contribution >= 0.6 is 0 Å². The van der Waals surface area contributed by atoms with E-state index in [0.717, 1.165) is 5.56 Å². The minimum absolute atomic E-state index is 0.113. The smallest absolute Gasteiger partial charge is 0.407 e. The van der Waals surface area contributed by atoms with Gasteiger partial charge in [-0.2, -0.15) is 0 Å². The minimum atomic E-state index is -1.42. The Hall–Kier alpha value is -4.20. The number of hydrogen-bond acceptors (Lipinski definition) is 10. The van der Waals surface area contributed by atoms with Crippen molar-refractivity contribution in [3.05, 3.63) is 65.7 Å². The van der Waals surface area contributed by atoms with Crippen LogP contribution in [0.15, 0.2) is 54.6 Å². The number of hydrazine groups is 1. The zero-order valence-electron chi connectivity index (χ0n) is 30.7. The number of nitrogens with two attached hydrogens (primary N) is 1. The van der Waals surface area contributed by atoms with E-state index >= 15 is 0 Å². The molecule has 6 N–H and O–H groups in total. The first-order valence-corrected chi connectivity index (χ1v) is 17.3. The molecule has 50 heavy (non-hydrogen) atoms. The molecular formula is C37H57N5O8. The van der Waals surface area contributed by atoms with E-state index in [1.54, 1.807) is 65.8 Å². The lowest BCUT2D eigenvalue weighted by molar-refractivity contribution is -0.133. The van der Waals surface area contributed by atoms with Crippen LogP contribution in [0.2, 0.25) is 0 Å². The number of ketones is 1. The molecular weight excluding hydrogens is 642 g/mol. The summed E-state index contributed by atoms with van der Waals surface area (Å²) in [5.74, 6) is -1.89. The van der Waals surface area contributed by atoms with Crippen LogP contribution in [0, 0.1) is 23.7 Å². The van der Waals surface area contributed by atoms with E-state index in [-0.39, 0.29) is 38.1 Å². The Morgan fingerprint density at radius 3 is 1.84 bits per heavy atom. The third-order valence-electron chi connectivity index (χ3n) is 7.89. The second kappa shape index (κ2) is 21.1. The second-order valence-corrected chi connectivity index (χ2v) is 13.3. The van der Waals surface area contributed by atoms with E-state index in [1.807, 2.05) is 30.3 Å². The maximum absolute atomic E-state index is 14.3. The number of benzene rings is 2. The molecule has 13 nitrogen and oxygen atoms in total. The number of Topliss-reactive ketones (excluding diaryl/α,β-unsaturated/α-hetero) is 1. The molecule has 0 aliphatic rings. The van der Waals surface area contributed by atoms with Gasteiger partial charge in [0.15, 0.2) is 5.78 Å². The number of carbonyl (C=O) groups excluding carboxylic acids is 4. The van der Waals surface area contributed by atoms with E-state index in [2.05, 4.69) is 29.9 Å². The monoisotopic (exact) mass is 699 g/mol. The third kappa shape index (κ3) is 13.6. The highest BCUT2D eigenvalue weighted by Gasteiger charge is 2.40. The van der Waals surface area contributed by atoms with E-state index in [4.69, 9.17) is 19.9 Å². The summed E-state index contributed by atoms with van der Waals surface area (Å²) in [4.78, 5) is 52.7. The number of rotatable bonds is 20. The van der Waals surface area contributed by atoms with E-state index in [0.29, 0.717) is 23.8 Å². The first-order chi connectivity index (χ1) is 23.7. The zero-order valence-corrected chi connectivity index (χ0v) is 30.7. The van der Waals surface area contributed by atoms with Crippen molar-refractivity contribution >= 4 is 23.9 Å². The van der Waals surface area contributed by atoms with Crippen molar-refractivity contribution in [2.75, 3.05) is 26.4 Å². The summed E-state index contributed by atoms with van der Waals surface area (Å²) < 4.78 is 15.9. The molecule has 0 aliphatic heterocycles. The summed E-state index contributed by atoms with van der Waals surface area (Å²) in [5, 5.41) is 18.6. The van der Waals surface area contributed by atoms with Gasteiger partial charge in [-0.1, -0.05) is 84.0 Å². The number of aliphatic hydroxyl groups is 1. The fourth-order valence-corrected chi connectivity index (χ4v) is 5.29. The number of nitrogens with zero attached hydrogens (tertiary/aromatic N) is 1. The fourth-order valence-electron chi connectivity index (χ4n) is 5.29. The number of aliphatic hydroxyl groups excluding tert-OH is 1. The summed E-state index contributed by atoms with van der Waals surface area (Å²) in [6.07, 6.45) is -2.92. The molecule has 0 saturated heterocycles. The molecule has 0 bridgehead atoms. The molecule has 0 heterocycles. The van der Waals surface area contributed by atoms with Crippen molar-refractivity contribution in [2.24, 2.45) is 29.4 Å². The number of nitrogens with one attached hydrogen (secondary N) is 3. The Morgan fingerprint density at radius 2 is 1.34 bits per heavy atom. The van der Waals surface area contributed by atoms with Crippen LogP contribution in [-0.2, 0) is 25.6 Å². The third-order valence-corrected chi connectivity index (χ3v) is 7.89. The van der Waals surface area contributed by atoms with E-state index < -0.39 is 54.0 Å². The molecule has 2 rings (SSSR count).